The molecule has 0 saturated heterocycles. The molecule has 2 aromatic carbocycles. The van der Waals surface area contributed by atoms with Crippen LogP contribution in [0.15, 0.2) is 53.0 Å². The van der Waals surface area contributed by atoms with Crippen LogP contribution in [0.5, 0.6) is 0 Å². The maximum atomic E-state index is 12.6. The fraction of sp³-hybridized carbons (Fsp3) is 0.263. The van der Waals surface area contributed by atoms with Crippen molar-refractivity contribution in [3.8, 4) is 0 Å². The zero-order chi connectivity index (χ0) is 20.0. The van der Waals surface area contributed by atoms with Crippen molar-refractivity contribution in [1.29, 1.82) is 0 Å². The predicted octanol–water partition coefficient (Wildman–Crippen LogP) is 4.17. The van der Waals surface area contributed by atoms with Crippen molar-refractivity contribution in [1.82, 2.24) is 5.32 Å². The molecular weight excluding hydrogens is 416 g/mol. The first-order valence-corrected chi connectivity index (χ1v) is 9.06. The number of benzene rings is 2. The van der Waals surface area contributed by atoms with Gasteiger partial charge in [0, 0.05) is 16.1 Å². The number of esters is 1. The van der Waals surface area contributed by atoms with Crippen LogP contribution in [0.2, 0.25) is 0 Å². The lowest BCUT2D eigenvalue weighted by molar-refractivity contribution is -0.385. The minimum atomic E-state index is -0.894. The first kappa shape index (κ1) is 20.6. The van der Waals surface area contributed by atoms with Crippen LogP contribution in [-0.4, -0.2) is 22.9 Å². The van der Waals surface area contributed by atoms with Crippen LogP contribution in [0.3, 0.4) is 0 Å². The molecule has 2 rings (SSSR count). The van der Waals surface area contributed by atoms with Crippen LogP contribution in [0, 0.1) is 10.1 Å². The second kappa shape index (κ2) is 9.27. The van der Waals surface area contributed by atoms with E-state index in [1.165, 1.54) is 18.2 Å². The van der Waals surface area contributed by atoms with Crippen molar-refractivity contribution < 1.29 is 19.2 Å². The number of nitro groups is 1. The molecule has 0 spiro atoms. The van der Waals surface area contributed by atoms with Gasteiger partial charge in [0.25, 0.3) is 11.6 Å². The lowest BCUT2D eigenvalue weighted by Crippen LogP contribution is -2.31. The van der Waals surface area contributed by atoms with Gasteiger partial charge < -0.3 is 10.1 Å². The number of hydrogen-bond donors (Lipinski definition) is 1. The van der Waals surface area contributed by atoms with Crippen molar-refractivity contribution in [3.05, 3.63) is 74.2 Å². The van der Waals surface area contributed by atoms with Crippen LogP contribution in [-0.2, 0) is 9.53 Å². The Kier molecular flexibility index (Phi) is 7.06. The smallest absolute Gasteiger partial charge is 0.308 e. The molecule has 27 heavy (non-hydrogen) atoms. The Morgan fingerprint density at radius 1 is 1.15 bits per heavy atom. The van der Waals surface area contributed by atoms with Crippen LogP contribution in [0.25, 0.3) is 0 Å². The Bertz CT molecular complexity index is 836. The summed E-state index contributed by atoms with van der Waals surface area (Å²) in [6.45, 7) is 3.41. The van der Waals surface area contributed by atoms with Gasteiger partial charge in [0.15, 0.2) is 0 Å². The Labute approximate surface area is 165 Å². The molecule has 7 nitrogen and oxygen atoms in total. The van der Waals surface area contributed by atoms with E-state index in [1.807, 2.05) is 0 Å². The number of ether oxygens (including phenoxy) is 1. The van der Waals surface area contributed by atoms with Gasteiger partial charge in [0.2, 0.25) is 0 Å². The molecule has 0 aromatic heterocycles. The topological polar surface area (TPSA) is 98.5 Å². The minimum absolute atomic E-state index is 0.170. The average Bonchev–Trinajstić information content (AvgIpc) is 2.61. The van der Waals surface area contributed by atoms with Crippen molar-refractivity contribution in [2.45, 2.75) is 32.4 Å². The standard InChI is InChI=1S/C19H19BrN2O5/c1-12(2)27-18(23)11-16(15-5-3-4-6-17(15)22(25)26)21-19(24)13-7-9-14(20)10-8-13/h3-10,12,16H,11H2,1-2H3,(H,21,24). The number of hydrogen-bond acceptors (Lipinski definition) is 5. The molecule has 0 aliphatic heterocycles. The summed E-state index contributed by atoms with van der Waals surface area (Å²) in [5, 5.41) is 14.1. The summed E-state index contributed by atoms with van der Waals surface area (Å²) < 4.78 is 5.95. The molecule has 0 heterocycles. The fourth-order valence-electron chi connectivity index (χ4n) is 2.51. The molecule has 1 unspecified atom stereocenters. The third-order valence-corrected chi connectivity index (χ3v) is 4.19. The second-order valence-electron chi connectivity index (χ2n) is 6.09. The largest absolute Gasteiger partial charge is 0.463 e. The first-order valence-electron chi connectivity index (χ1n) is 8.27. The lowest BCUT2D eigenvalue weighted by Gasteiger charge is -2.19. The Balaban J connectivity index is 2.32. The molecule has 8 heteroatoms. The van der Waals surface area contributed by atoms with Crippen molar-refractivity contribution in [2.75, 3.05) is 0 Å². The summed E-state index contributed by atoms with van der Waals surface area (Å²) in [4.78, 5) is 35.5. The van der Waals surface area contributed by atoms with Gasteiger partial charge in [0.1, 0.15) is 0 Å². The number of carbonyl (C=O) groups excluding carboxylic acids is 2. The molecule has 0 radical (unpaired) electrons. The Hall–Kier alpha value is -2.74. The molecule has 2 aromatic rings. The highest BCUT2D eigenvalue weighted by molar-refractivity contribution is 9.10. The number of halogens is 1. The van der Waals surface area contributed by atoms with Gasteiger partial charge >= 0.3 is 5.97 Å². The monoisotopic (exact) mass is 434 g/mol. The third-order valence-electron chi connectivity index (χ3n) is 3.66. The highest BCUT2D eigenvalue weighted by Crippen LogP contribution is 2.28. The SMILES string of the molecule is CC(C)OC(=O)CC(NC(=O)c1ccc(Br)cc1)c1ccccc1[N+](=O)[O-]. The van der Waals surface area contributed by atoms with E-state index in [9.17, 15) is 19.7 Å². The van der Waals surface area contributed by atoms with Crippen LogP contribution >= 0.6 is 15.9 Å². The lowest BCUT2D eigenvalue weighted by atomic mass is 10.0. The maximum Gasteiger partial charge on any atom is 0.308 e. The summed E-state index contributed by atoms with van der Waals surface area (Å²) in [5.41, 5.74) is 0.448. The number of rotatable bonds is 7. The Morgan fingerprint density at radius 3 is 2.37 bits per heavy atom. The van der Waals surface area contributed by atoms with Crippen LogP contribution in [0.4, 0.5) is 5.69 Å². The summed E-state index contributed by atoms with van der Waals surface area (Å²) in [6.07, 6.45) is -0.545. The van der Waals surface area contributed by atoms with E-state index in [4.69, 9.17) is 4.74 Å². The highest BCUT2D eigenvalue weighted by atomic mass is 79.9. The molecule has 0 aliphatic rings. The second-order valence-corrected chi connectivity index (χ2v) is 7.01. The maximum absolute atomic E-state index is 12.6. The number of para-hydroxylation sites is 1. The third kappa shape index (κ3) is 5.89. The quantitative estimate of drug-likeness (QED) is 0.400. The summed E-state index contributed by atoms with van der Waals surface area (Å²) in [6, 6.07) is 11.8. The van der Waals surface area contributed by atoms with Gasteiger partial charge in [-0.25, -0.2) is 0 Å². The molecule has 1 atom stereocenters. The van der Waals surface area contributed by atoms with E-state index in [0.29, 0.717) is 5.56 Å². The van der Waals surface area contributed by atoms with Crippen LogP contribution in [0.1, 0.15) is 42.2 Å². The average molecular weight is 435 g/mol. The van der Waals surface area contributed by atoms with E-state index in [1.54, 1.807) is 44.2 Å². The number of nitro benzene ring substituents is 1. The van der Waals surface area contributed by atoms with E-state index in [2.05, 4.69) is 21.2 Å². The molecule has 0 fully saturated rings. The zero-order valence-electron chi connectivity index (χ0n) is 14.8. The number of carbonyl (C=O) groups is 2. The molecule has 142 valence electrons. The minimum Gasteiger partial charge on any atom is -0.463 e. The van der Waals surface area contributed by atoms with E-state index in [0.717, 1.165) is 4.47 Å². The van der Waals surface area contributed by atoms with Gasteiger partial charge in [-0.2, -0.15) is 0 Å². The predicted molar refractivity (Wildman–Crippen MR) is 103 cm³/mol. The fourth-order valence-corrected chi connectivity index (χ4v) is 2.77. The molecule has 1 N–H and O–H groups in total. The summed E-state index contributed by atoms with van der Waals surface area (Å²) in [5.74, 6) is -0.993. The van der Waals surface area contributed by atoms with Crippen molar-refractivity contribution in [3.63, 3.8) is 0 Å². The molecule has 1 amide bonds. The highest BCUT2D eigenvalue weighted by Gasteiger charge is 2.26. The number of nitrogens with zero attached hydrogens (tertiary/aromatic N) is 1. The van der Waals surface area contributed by atoms with E-state index < -0.39 is 22.8 Å². The van der Waals surface area contributed by atoms with Crippen LogP contribution < -0.4 is 5.32 Å². The molecule has 0 bridgehead atoms. The molecule has 0 saturated carbocycles. The Morgan fingerprint density at radius 2 is 1.78 bits per heavy atom. The number of amides is 1. The zero-order valence-corrected chi connectivity index (χ0v) is 16.4. The van der Waals surface area contributed by atoms with Gasteiger partial charge in [-0.3, -0.25) is 19.7 Å². The molecular formula is C19H19BrN2O5. The number of nitrogens with one attached hydrogen (secondary N) is 1. The van der Waals surface area contributed by atoms with Crippen molar-refractivity contribution >= 4 is 33.5 Å². The van der Waals surface area contributed by atoms with Gasteiger partial charge in [-0.15, -0.1) is 0 Å². The van der Waals surface area contributed by atoms with Gasteiger partial charge in [-0.05, 0) is 38.1 Å². The first-order chi connectivity index (χ1) is 12.8. The summed E-state index contributed by atoms with van der Waals surface area (Å²) >= 11 is 3.30. The molecule has 0 aliphatic carbocycles. The normalized spacial score (nSPS) is 11.7. The van der Waals surface area contributed by atoms with E-state index >= 15 is 0 Å². The summed E-state index contributed by atoms with van der Waals surface area (Å²) in [7, 11) is 0. The van der Waals surface area contributed by atoms with Crippen molar-refractivity contribution in [2.24, 2.45) is 0 Å². The van der Waals surface area contributed by atoms with Gasteiger partial charge in [0.05, 0.1) is 29.1 Å². The van der Waals surface area contributed by atoms with Gasteiger partial charge in [-0.1, -0.05) is 34.1 Å². The van der Waals surface area contributed by atoms with E-state index in [-0.39, 0.29) is 23.8 Å².